The number of rotatable bonds is 5. The first-order chi connectivity index (χ1) is 9.61. The largest absolute Gasteiger partial charge is 0.478 e. The fraction of sp³-hybridized carbons (Fsp3) is 0.429. The Labute approximate surface area is 117 Å². The van der Waals surface area contributed by atoms with Crippen molar-refractivity contribution < 1.29 is 19.4 Å². The molecular weight excluding hydrogens is 260 g/mol. The van der Waals surface area contributed by atoms with Gasteiger partial charge in [0.1, 0.15) is 0 Å². The van der Waals surface area contributed by atoms with Crippen molar-refractivity contribution in [3.05, 3.63) is 29.8 Å². The molecule has 0 aromatic heterocycles. The van der Waals surface area contributed by atoms with Crippen LogP contribution < -0.4 is 10.6 Å². The van der Waals surface area contributed by atoms with E-state index in [9.17, 15) is 9.59 Å². The van der Waals surface area contributed by atoms with Gasteiger partial charge in [-0.15, -0.1) is 0 Å². The Morgan fingerprint density at radius 1 is 1.30 bits per heavy atom. The zero-order valence-corrected chi connectivity index (χ0v) is 11.3. The van der Waals surface area contributed by atoms with Crippen molar-refractivity contribution in [3.8, 4) is 0 Å². The number of hydrogen-bond acceptors (Lipinski definition) is 4. The average Bonchev–Trinajstić information content (AvgIpc) is 2.88. The normalized spacial score (nSPS) is 21.6. The third-order valence-corrected chi connectivity index (χ3v) is 3.28. The lowest BCUT2D eigenvalue weighted by Gasteiger charge is -2.17. The van der Waals surface area contributed by atoms with E-state index < -0.39 is 5.97 Å². The number of anilines is 1. The summed E-state index contributed by atoms with van der Waals surface area (Å²) in [5.41, 5.74) is 0.778. The smallest absolute Gasteiger partial charge is 0.335 e. The molecule has 1 aliphatic heterocycles. The number of benzene rings is 1. The highest BCUT2D eigenvalue weighted by Gasteiger charge is 2.33. The number of likely N-dealkylation sites (N-methyl/N-ethyl adjacent to an activating group) is 1. The summed E-state index contributed by atoms with van der Waals surface area (Å²) in [6, 6.07) is 6.12. The van der Waals surface area contributed by atoms with Crippen LogP contribution in [0.25, 0.3) is 0 Å². The summed E-state index contributed by atoms with van der Waals surface area (Å²) < 4.78 is 5.33. The highest BCUT2D eigenvalue weighted by atomic mass is 16.5. The van der Waals surface area contributed by atoms with Crippen molar-refractivity contribution in [1.82, 2.24) is 5.32 Å². The fourth-order valence-corrected chi connectivity index (χ4v) is 2.21. The molecule has 0 bridgehead atoms. The second-order valence-corrected chi connectivity index (χ2v) is 4.68. The van der Waals surface area contributed by atoms with Crippen molar-refractivity contribution in [3.63, 3.8) is 0 Å². The van der Waals surface area contributed by atoms with Crippen LogP contribution in [0, 0.1) is 5.92 Å². The monoisotopic (exact) mass is 278 g/mol. The van der Waals surface area contributed by atoms with Crippen molar-refractivity contribution in [2.45, 2.75) is 13.0 Å². The standard InChI is InChI=1S/C14H18N2O4/c1-2-15-12-8-20-7-11(12)13(17)16-10-5-3-9(4-6-10)14(18)19/h3-6,11-12,15H,2,7-8H2,1H3,(H,16,17)(H,18,19). The molecule has 0 aliphatic carbocycles. The van der Waals surface area contributed by atoms with E-state index in [0.29, 0.717) is 18.9 Å². The van der Waals surface area contributed by atoms with Crippen LogP contribution >= 0.6 is 0 Å². The molecule has 1 aromatic carbocycles. The number of ether oxygens (including phenoxy) is 1. The lowest BCUT2D eigenvalue weighted by atomic mass is 10.0. The second kappa shape index (κ2) is 6.49. The fourth-order valence-electron chi connectivity index (χ4n) is 2.21. The molecule has 6 heteroatoms. The van der Waals surface area contributed by atoms with E-state index in [0.717, 1.165) is 6.54 Å². The minimum absolute atomic E-state index is 0.0262. The second-order valence-electron chi connectivity index (χ2n) is 4.68. The summed E-state index contributed by atoms with van der Waals surface area (Å²) in [5.74, 6) is -1.33. The van der Waals surface area contributed by atoms with Crippen molar-refractivity contribution in [2.75, 3.05) is 25.1 Å². The lowest BCUT2D eigenvalue weighted by Crippen LogP contribution is -2.41. The molecule has 1 fully saturated rings. The van der Waals surface area contributed by atoms with Gasteiger partial charge in [-0.05, 0) is 30.8 Å². The molecule has 1 aromatic rings. The maximum atomic E-state index is 12.2. The van der Waals surface area contributed by atoms with Crippen molar-refractivity contribution in [1.29, 1.82) is 0 Å². The number of carbonyl (C=O) groups is 2. The Kier molecular flexibility index (Phi) is 4.70. The molecule has 2 unspecified atom stereocenters. The quantitative estimate of drug-likeness (QED) is 0.746. The first-order valence-corrected chi connectivity index (χ1v) is 6.57. The molecule has 20 heavy (non-hydrogen) atoms. The maximum Gasteiger partial charge on any atom is 0.335 e. The highest BCUT2D eigenvalue weighted by molar-refractivity contribution is 5.94. The van der Waals surface area contributed by atoms with E-state index in [2.05, 4.69) is 10.6 Å². The molecule has 2 atom stereocenters. The van der Waals surface area contributed by atoms with Gasteiger partial charge in [0.15, 0.2) is 0 Å². The van der Waals surface area contributed by atoms with E-state index in [-0.39, 0.29) is 23.4 Å². The van der Waals surface area contributed by atoms with Gasteiger partial charge in [-0.25, -0.2) is 4.79 Å². The van der Waals surface area contributed by atoms with E-state index in [1.807, 2.05) is 6.92 Å². The van der Waals surface area contributed by atoms with Crippen LogP contribution in [-0.4, -0.2) is 42.8 Å². The summed E-state index contributed by atoms with van der Waals surface area (Å²) in [7, 11) is 0. The Bertz CT molecular complexity index is 486. The molecule has 0 spiro atoms. The molecule has 1 aliphatic rings. The number of aromatic carboxylic acids is 1. The molecule has 108 valence electrons. The molecule has 2 rings (SSSR count). The zero-order chi connectivity index (χ0) is 14.5. The first-order valence-electron chi connectivity index (χ1n) is 6.57. The van der Waals surface area contributed by atoms with Crippen LogP contribution in [0.3, 0.4) is 0 Å². The highest BCUT2D eigenvalue weighted by Crippen LogP contribution is 2.17. The van der Waals surface area contributed by atoms with Gasteiger partial charge >= 0.3 is 5.97 Å². The summed E-state index contributed by atoms with van der Waals surface area (Å²) in [6.45, 7) is 3.70. The van der Waals surface area contributed by atoms with Crippen LogP contribution in [0.2, 0.25) is 0 Å². The maximum absolute atomic E-state index is 12.2. The van der Waals surface area contributed by atoms with Gasteiger partial charge < -0.3 is 20.5 Å². The molecular formula is C14H18N2O4. The minimum atomic E-state index is -0.987. The van der Waals surface area contributed by atoms with Crippen LogP contribution in [0.1, 0.15) is 17.3 Å². The zero-order valence-electron chi connectivity index (χ0n) is 11.3. The number of carbonyl (C=O) groups excluding carboxylic acids is 1. The Balaban J connectivity index is 1.98. The van der Waals surface area contributed by atoms with E-state index >= 15 is 0 Å². The Hall–Kier alpha value is -1.92. The molecule has 1 amide bonds. The van der Waals surface area contributed by atoms with Gasteiger partial charge in [-0.2, -0.15) is 0 Å². The average molecular weight is 278 g/mol. The Morgan fingerprint density at radius 3 is 2.60 bits per heavy atom. The predicted molar refractivity (Wildman–Crippen MR) is 73.8 cm³/mol. The first kappa shape index (κ1) is 14.5. The van der Waals surface area contributed by atoms with Crippen LogP contribution in [0.4, 0.5) is 5.69 Å². The topological polar surface area (TPSA) is 87.7 Å². The summed E-state index contributed by atoms with van der Waals surface area (Å²) in [6.07, 6.45) is 0. The van der Waals surface area contributed by atoms with Crippen LogP contribution in [0.15, 0.2) is 24.3 Å². The van der Waals surface area contributed by atoms with Gasteiger partial charge in [0.25, 0.3) is 0 Å². The molecule has 0 radical (unpaired) electrons. The predicted octanol–water partition coefficient (Wildman–Crippen LogP) is 0.948. The van der Waals surface area contributed by atoms with Crippen molar-refractivity contribution in [2.24, 2.45) is 5.92 Å². The van der Waals surface area contributed by atoms with Crippen LogP contribution in [0.5, 0.6) is 0 Å². The Morgan fingerprint density at radius 2 is 2.00 bits per heavy atom. The van der Waals surface area contributed by atoms with Gasteiger partial charge in [0.2, 0.25) is 5.91 Å². The van der Waals surface area contributed by atoms with Gasteiger partial charge in [0, 0.05) is 11.7 Å². The number of nitrogens with one attached hydrogen (secondary N) is 2. The summed E-state index contributed by atoms with van der Waals surface area (Å²) in [5, 5.41) is 14.8. The van der Waals surface area contributed by atoms with Gasteiger partial charge in [0.05, 0.1) is 24.7 Å². The number of carboxylic acid groups (broad SMARTS) is 1. The lowest BCUT2D eigenvalue weighted by molar-refractivity contribution is -0.120. The molecule has 1 saturated heterocycles. The molecule has 6 nitrogen and oxygen atoms in total. The summed E-state index contributed by atoms with van der Waals surface area (Å²) >= 11 is 0. The van der Waals surface area contributed by atoms with Gasteiger partial charge in [-0.1, -0.05) is 6.92 Å². The van der Waals surface area contributed by atoms with Crippen LogP contribution in [-0.2, 0) is 9.53 Å². The SMILES string of the molecule is CCNC1COCC1C(=O)Nc1ccc(C(=O)O)cc1. The minimum Gasteiger partial charge on any atom is -0.478 e. The van der Waals surface area contributed by atoms with Crippen molar-refractivity contribution >= 4 is 17.6 Å². The third kappa shape index (κ3) is 3.34. The number of amides is 1. The molecule has 3 N–H and O–H groups in total. The molecule has 0 saturated carbocycles. The summed E-state index contributed by atoms with van der Waals surface area (Å²) in [4.78, 5) is 22.9. The van der Waals surface area contributed by atoms with E-state index in [4.69, 9.17) is 9.84 Å². The third-order valence-electron chi connectivity index (χ3n) is 3.28. The van der Waals surface area contributed by atoms with E-state index in [1.54, 1.807) is 12.1 Å². The molecule has 1 heterocycles. The number of hydrogen-bond donors (Lipinski definition) is 3. The van der Waals surface area contributed by atoms with E-state index in [1.165, 1.54) is 12.1 Å². The van der Waals surface area contributed by atoms with Gasteiger partial charge in [-0.3, -0.25) is 4.79 Å². The number of carboxylic acids is 1.